The summed E-state index contributed by atoms with van der Waals surface area (Å²) < 4.78 is 12.8. The Morgan fingerprint density at radius 2 is 1.45 bits per heavy atom. The van der Waals surface area contributed by atoms with Gasteiger partial charge < -0.3 is 11.5 Å². The Morgan fingerprint density at radius 3 is 1.82 bits per heavy atom. The number of rotatable bonds is 0. The van der Waals surface area contributed by atoms with Crippen LogP contribution in [0.5, 0.6) is 0 Å². The van der Waals surface area contributed by atoms with Crippen molar-refractivity contribution in [3.63, 3.8) is 0 Å². The van der Waals surface area contributed by atoms with E-state index < -0.39 is 5.82 Å². The van der Waals surface area contributed by atoms with Gasteiger partial charge in [-0.1, -0.05) is 23.2 Å². The average molecular weight is 195 g/mol. The maximum atomic E-state index is 12.8. The molecule has 0 bridgehead atoms. The van der Waals surface area contributed by atoms with E-state index in [0.717, 1.165) is 0 Å². The Labute approximate surface area is 72.9 Å². The van der Waals surface area contributed by atoms with E-state index in [4.69, 9.17) is 34.7 Å². The quantitative estimate of drug-likeness (QED) is 0.492. The topological polar surface area (TPSA) is 52.0 Å². The Morgan fingerprint density at radius 1 is 1.09 bits per heavy atom. The van der Waals surface area contributed by atoms with Crippen LogP contribution in [0.3, 0.4) is 0 Å². The van der Waals surface area contributed by atoms with Crippen molar-refractivity contribution in [2.75, 3.05) is 11.5 Å². The Bertz CT molecular complexity index is 275. The van der Waals surface area contributed by atoms with Gasteiger partial charge in [-0.15, -0.1) is 0 Å². The maximum Gasteiger partial charge on any atom is 0.164 e. The molecule has 0 saturated heterocycles. The number of halogens is 3. The summed E-state index contributed by atoms with van der Waals surface area (Å²) in [4.78, 5) is 0. The highest BCUT2D eigenvalue weighted by atomic mass is 35.5. The summed E-state index contributed by atoms with van der Waals surface area (Å²) in [5.41, 5.74) is 10.7. The van der Waals surface area contributed by atoms with Crippen molar-refractivity contribution in [3.8, 4) is 0 Å². The molecule has 11 heavy (non-hydrogen) atoms. The molecule has 60 valence electrons. The number of nitrogen functional groups attached to an aromatic ring is 2. The van der Waals surface area contributed by atoms with E-state index >= 15 is 0 Å². The molecule has 0 fully saturated rings. The molecule has 1 aromatic rings. The highest BCUT2D eigenvalue weighted by Crippen LogP contribution is 2.32. The van der Waals surface area contributed by atoms with Gasteiger partial charge in [-0.3, -0.25) is 0 Å². The molecule has 2 nitrogen and oxygen atoms in total. The van der Waals surface area contributed by atoms with Gasteiger partial charge in [0.2, 0.25) is 0 Å². The van der Waals surface area contributed by atoms with Crippen molar-refractivity contribution in [3.05, 3.63) is 21.9 Å². The van der Waals surface area contributed by atoms with Crippen LogP contribution in [0.15, 0.2) is 6.07 Å². The molecule has 0 aliphatic heterocycles. The molecule has 0 amide bonds. The van der Waals surface area contributed by atoms with E-state index in [1.165, 1.54) is 6.07 Å². The van der Waals surface area contributed by atoms with Crippen LogP contribution < -0.4 is 11.5 Å². The SMILES string of the molecule is Nc1cc(N)c(Cl)c(F)c1Cl. The van der Waals surface area contributed by atoms with E-state index in [2.05, 4.69) is 0 Å². The molecule has 0 radical (unpaired) electrons. The van der Waals surface area contributed by atoms with Gasteiger partial charge in [-0.25, -0.2) is 4.39 Å². The molecule has 4 N–H and O–H groups in total. The first-order valence-corrected chi connectivity index (χ1v) is 3.48. The summed E-state index contributed by atoms with van der Waals surface area (Å²) in [5, 5.41) is -0.381. The molecular formula is C6H5Cl2FN2. The highest BCUT2D eigenvalue weighted by Gasteiger charge is 2.11. The van der Waals surface area contributed by atoms with Crippen molar-refractivity contribution in [1.82, 2.24) is 0 Å². The first kappa shape index (κ1) is 8.43. The zero-order valence-corrected chi connectivity index (χ0v) is 6.88. The van der Waals surface area contributed by atoms with Crippen LogP contribution in [0.1, 0.15) is 0 Å². The number of anilines is 2. The van der Waals surface area contributed by atoms with Gasteiger partial charge in [0.05, 0.1) is 11.4 Å². The second-order valence-electron chi connectivity index (χ2n) is 2.00. The number of benzene rings is 1. The Kier molecular flexibility index (Phi) is 2.11. The lowest BCUT2D eigenvalue weighted by Gasteiger charge is -2.03. The van der Waals surface area contributed by atoms with E-state index in [9.17, 15) is 4.39 Å². The number of hydrogen-bond acceptors (Lipinski definition) is 2. The van der Waals surface area contributed by atoms with Crippen LogP contribution in [0.4, 0.5) is 15.8 Å². The van der Waals surface area contributed by atoms with Gasteiger partial charge >= 0.3 is 0 Å². The summed E-state index contributed by atoms with van der Waals surface area (Å²) in [6.45, 7) is 0. The molecule has 0 heterocycles. The largest absolute Gasteiger partial charge is 0.397 e. The molecular weight excluding hydrogens is 190 g/mol. The molecule has 1 aromatic carbocycles. The van der Waals surface area contributed by atoms with Crippen molar-refractivity contribution in [2.24, 2.45) is 0 Å². The lowest BCUT2D eigenvalue weighted by Crippen LogP contribution is -1.95. The van der Waals surface area contributed by atoms with Crippen molar-refractivity contribution in [1.29, 1.82) is 0 Å². The van der Waals surface area contributed by atoms with Gasteiger partial charge in [0.15, 0.2) is 5.82 Å². The summed E-state index contributed by atoms with van der Waals surface area (Å²) in [6.07, 6.45) is 0. The average Bonchev–Trinajstić information content (AvgIpc) is 1.97. The van der Waals surface area contributed by atoms with Crippen LogP contribution in [-0.4, -0.2) is 0 Å². The normalized spacial score (nSPS) is 10.1. The van der Waals surface area contributed by atoms with E-state index in [1.807, 2.05) is 0 Å². The minimum Gasteiger partial charge on any atom is -0.397 e. The minimum atomic E-state index is -0.772. The molecule has 5 heteroatoms. The van der Waals surface area contributed by atoms with Crippen molar-refractivity contribution in [2.45, 2.75) is 0 Å². The van der Waals surface area contributed by atoms with E-state index in [-0.39, 0.29) is 21.4 Å². The molecule has 0 unspecified atom stereocenters. The van der Waals surface area contributed by atoms with Crippen LogP contribution in [0.2, 0.25) is 10.0 Å². The standard InChI is InChI=1S/C6H5Cl2FN2/c7-4-2(10)1-3(11)5(8)6(4)9/h1H,10-11H2. The summed E-state index contributed by atoms with van der Waals surface area (Å²) >= 11 is 10.8. The zero-order chi connectivity index (χ0) is 8.59. The smallest absolute Gasteiger partial charge is 0.164 e. The van der Waals surface area contributed by atoms with Gasteiger partial charge in [0, 0.05) is 0 Å². The summed E-state index contributed by atoms with van der Waals surface area (Å²) in [5.74, 6) is -0.772. The zero-order valence-electron chi connectivity index (χ0n) is 5.37. The molecule has 0 saturated carbocycles. The molecule has 0 aliphatic rings. The van der Waals surface area contributed by atoms with Gasteiger partial charge in [0.25, 0.3) is 0 Å². The van der Waals surface area contributed by atoms with Crippen LogP contribution in [0.25, 0.3) is 0 Å². The third kappa shape index (κ3) is 1.34. The monoisotopic (exact) mass is 194 g/mol. The molecule has 0 spiro atoms. The molecule has 0 aromatic heterocycles. The van der Waals surface area contributed by atoms with Crippen molar-refractivity contribution >= 4 is 34.6 Å². The second kappa shape index (κ2) is 2.75. The number of nitrogens with two attached hydrogens (primary N) is 2. The minimum absolute atomic E-state index is 0.0890. The van der Waals surface area contributed by atoms with Crippen LogP contribution in [0, 0.1) is 5.82 Å². The van der Waals surface area contributed by atoms with Gasteiger partial charge in [-0.05, 0) is 6.07 Å². The van der Waals surface area contributed by atoms with Crippen LogP contribution in [-0.2, 0) is 0 Å². The first-order chi connectivity index (χ1) is 5.04. The maximum absolute atomic E-state index is 12.8. The molecule has 0 aliphatic carbocycles. The fraction of sp³-hybridized carbons (Fsp3) is 0. The Hall–Kier alpha value is -0.670. The van der Waals surface area contributed by atoms with Gasteiger partial charge in [0.1, 0.15) is 10.0 Å². The lowest BCUT2D eigenvalue weighted by atomic mass is 10.3. The molecule has 0 atom stereocenters. The third-order valence-electron chi connectivity index (χ3n) is 1.20. The van der Waals surface area contributed by atoms with Crippen molar-refractivity contribution < 1.29 is 4.39 Å². The van der Waals surface area contributed by atoms with E-state index in [1.54, 1.807) is 0 Å². The van der Waals surface area contributed by atoms with Gasteiger partial charge in [-0.2, -0.15) is 0 Å². The fourth-order valence-corrected chi connectivity index (χ4v) is 0.991. The summed E-state index contributed by atoms with van der Waals surface area (Å²) in [7, 11) is 0. The number of hydrogen-bond donors (Lipinski definition) is 2. The first-order valence-electron chi connectivity index (χ1n) is 2.72. The second-order valence-corrected chi connectivity index (χ2v) is 2.75. The Balaban J connectivity index is 3.46. The van der Waals surface area contributed by atoms with Crippen LogP contribution >= 0.6 is 23.2 Å². The highest BCUT2D eigenvalue weighted by molar-refractivity contribution is 6.38. The van der Waals surface area contributed by atoms with E-state index in [0.29, 0.717) is 0 Å². The summed E-state index contributed by atoms with van der Waals surface area (Å²) in [6, 6.07) is 1.31. The fourth-order valence-electron chi connectivity index (χ4n) is 0.644. The molecule has 1 rings (SSSR count). The lowest BCUT2D eigenvalue weighted by molar-refractivity contribution is 0.630. The third-order valence-corrected chi connectivity index (χ3v) is 1.97. The predicted molar refractivity (Wildman–Crippen MR) is 45.2 cm³/mol. The predicted octanol–water partition coefficient (Wildman–Crippen LogP) is 2.30.